The van der Waals surface area contributed by atoms with E-state index in [4.69, 9.17) is 8.94 Å². The predicted octanol–water partition coefficient (Wildman–Crippen LogP) is 2.09. The van der Waals surface area contributed by atoms with Gasteiger partial charge in [-0.3, -0.25) is 14.9 Å². The Morgan fingerprint density at radius 1 is 1.25 bits per heavy atom. The largest absolute Gasteiger partial charge is 0.464 e. The summed E-state index contributed by atoms with van der Waals surface area (Å²) < 4.78 is 10.6. The quantitative estimate of drug-likeness (QED) is 0.684. The number of hydrogen-bond donors (Lipinski definition) is 1. The summed E-state index contributed by atoms with van der Waals surface area (Å²) in [6.07, 6.45) is 2.37. The van der Waals surface area contributed by atoms with Gasteiger partial charge in [0, 0.05) is 23.3 Å². The molecule has 1 N–H and O–H groups in total. The van der Waals surface area contributed by atoms with Crippen LogP contribution in [0.2, 0.25) is 0 Å². The normalized spacial score (nSPS) is 19.7. The number of carbonyl (C=O) groups is 2. The summed E-state index contributed by atoms with van der Waals surface area (Å²) in [4.78, 5) is 23.1. The van der Waals surface area contributed by atoms with Crippen LogP contribution >= 0.6 is 0 Å². The zero-order valence-corrected chi connectivity index (χ0v) is 10.4. The summed E-state index contributed by atoms with van der Waals surface area (Å²) in [7, 11) is 0. The second-order valence-electron chi connectivity index (χ2n) is 4.88. The van der Waals surface area contributed by atoms with Gasteiger partial charge in [-0.1, -0.05) is 5.16 Å². The monoisotopic (exact) mass is 270 g/mol. The van der Waals surface area contributed by atoms with Crippen LogP contribution in [0.4, 0.5) is 0 Å². The molecule has 0 aliphatic carbocycles. The van der Waals surface area contributed by atoms with Gasteiger partial charge in [0.1, 0.15) is 11.3 Å². The van der Waals surface area contributed by atoms with Crippen molar-refractivity contribution in [3.05, 3.63) is 30.2 Å². The highest BCUT2D eigenvalue weighted by Crippen LogP contribution is 2.32. The van der Waals surface area contributed by atoms with Crippen LogP contribution in [0.25, 0.3) is 21.9 Å². The van der Waals surface area contributed by atoms with E-state index in [1.165, 1.54) is 0 Å². The Hall–Kier alpha value is -2.63. The van der Waals surface area contributed by atoms with Gasteiger partial charge in [0.25, 0.3) is 0 Å². The minimum absolute atomic E-state index is 0.240. The average Bonchev–Trinajstić information content (AvgIpc) is 3.02. The van der Waals surface area contributed by atoms with Gasteiger partial charge >= 0.3 is 0 Å². The molecule has 0 unspecified atom stereocenters. The first-order chi connectivity index (χ1) is 9.72. The van der Waals surface area contributed by atoms with Crippen molar-refractivity contribution in [3.63, 3.8) is 0 Å². The molecule has 1 fully saturated rings. The molecule has 100 valence electrons. The fourth-order valence-electron chi connectivity index (χ4n) is 2.62. The summed E-state index contributed by atoms with van der Waals surface area (Å²) in [6, 6.07) is 5.49. The highest BCUT2D eigenvalue weighted by molar-refractivity contribution is 6.03. The fourth-order valence-corrected chi connectivity index (χ4v) is 2.62. The first kappa shape index (κ1) is 11.2. The van der Waals surface area contributed by atoms with E-state index in [0.29, 0.717) is 29.7 Å². The number of amides is 2. The molecule has 0 saturated carbocycles. The molecule has 6 nitrogen and oxygen atoms in total. The number of hydrogen-bond acceptors (Lipinski definition) is 5. The second-order valence-corrected chi connectivity index (χ2v) is 4.88. The standard InChI is InChI=1S/C14H10N2O4/c17-12-2-1-8(14(18)15-12)13-9-5-7-3-4-19-10(7)6-11(9)20-16-13/h3-6,8H,1-2H2,(H,15,17,18)/t8-/m1/s1. The van der Waals surface area contributed by atoms with Crippen molar-refractivity contribution in [2.45, 2.75) is 18.8 Å². The zero-order chi connectivity index (χ0) is 13.7. The number of benzene rings is 1. The third-order valence-electron chi connectivity index (χ3n) is 3.64. The minimum Gasteiger partial charge on any atom is -0.464 e. The summed E-state index contributed by atoms with van der Waals surface area (Å²) in [5.74, 6) is -1.00. The topological polar surface area (TPSA) is 85.3 Å². The van der Waals surface area contributed by atoms with Crippen LogP contribution in [0.15, 0.2) is 33.4 Å². The molecule has 2 aromatic heterocycles. The Bertz CT molecular complexity index is 845. The van der Waals surface area contributed by atoms with Crippen molar-refractivity contribution in [2.24, 2.45) is 0 Å². The number of nitrogens with one attached hydrogen (secondary N) is 1. The Balaban J connectivity index is 1.86. The molecule has 4 rings (SSSR count). The Labute approximate surface area is 112 Å². The molecule has 0 bridgehead atoms. The number of furan rings is 1. The lowest BCUT2D eigenvalue weighted by atomic mass is 9.92. The molecule has 1 aromatic carbocycles. The lowest BCUT2D eigenvalue weighted by Crippen LogP contribution is -2.39. The Kier molecular flexibility index (Phi) is 2.20. The third-order valence-corrected chi connectivity index (χ3v) is 3.64. The van der Waals surface area contributed by atoms with E-state index in [-0.39, 0.29) is 11.8 Å². The minimum atomic E-state index is -0.446. The number of nitrogens with zero attached hydrogens (tertiary/aromatic N) is 1. The van der Waals surface area contributed by atoms with Crippen LogP contribution in [0, 0.1) is 0 Å². The summed E-state index contributed by atoms with van der Waals surface area (Å²) in [6.45, 7) is 0. The number of carbonyl (C=O) groups excluding carboxylic acids is 2. The third kappa shape index (κ3) is 1.54. The Morgan fingerprint density at radius 2 is 2.15 bits per heavy atom. The van der Waals surface area contributed by atoms with E-state index in [2.05, 4.69) is 10.5 Å². The molecular formula is C14H10N2O4. The van der Waals surface area contributed by atoms with Gasteiger partial charge in [0.2, 0.25) is 11.8 Å². The first-order valence-electron chi connectivity index (χ1n) is 6.32. The van der Waals surface area contributed by atoms with Gasteiger partial charge in [-0.2, -0.15) is 0 Å². The van der Waals surface area contributed by atoms with Gasteiger partial charge in [-0.05, 0) is 18.6 Å². The molecule has 1 aliphatic heterocycles. The smallest absolute Gasteiger partial charge is 0.235 e. The van der Waals surface area contributed by atoms with E-state index >= 15 is 0 Å². The van der Waals surface area contributed by atoms with E-state index < -0.39 is 5.92 Å². The molecule has 2 amide bonds. The molecule has 1 saturated heterocycles. The van der Waals surface area contributed by atoms with Gasteiger partial charge < -0.3 is 8.94 Å². The number of imide groups is 1. The first-order valence-corrected chi connectivity index (χ1v) is 6.32. The van der Waals surface area contributed by atoms with Crippen LogP contribution < -0.4 is 5.32 Å². The van der Waals surface area contributed by atoms with Crippen molar-refractivity contribution in [1.29, 1.82) is 0 Å². The molecule has 1 aliphatic rings. The fraction of sp³-hybridized carbons (Fsp3) is 0.214. The molecule has 3 aromatic rings. The summed E-state index contributed by atoms with van der Waals surface area (Å²) in [5, 5.41) is 8.06. The van der Waals surface area contributed by atoms with Crippen LogP contribution in [-0.4, -0.2) is 17.0 Å². The van der Waals surface area contributed by atoms with Crippen LogP contribution in [0.1, 0.15) is 24.5 Å². The zero-order valence-electron chi connectivity index (χ0n) is 10.4. The van der Waals surface area contributed by atoms with E-state index in [9.17, 15) is 9.59 Å². The number of aromatic nitrogens is 1. The van der Waals surface area contributed by atoms with E-state index in [1.54, 1.807) is 12.3 Å². The highest BCUT2D eigenvalue weighted by atomic mass is 16.5. The van der Waals surface area contributed by atoms with Crippen LogP contribution in [0.3, 0.4) is 0 Å². The Morgan fingerprint density at radius 3 is 3.00 bits per heavy atom. The predicted molar refractivity (Wildman–Crippen MR) is 68.9 cm³/mol. The average molecular weight is 270 g/mol. The van der Waals surface area contributed by atoms with Crippen molar-refractivity contribution >= 4 is 33.8 Å². The van der Waals surface area contributed by atoms with Crippen molar-refractivity contribution in [3.8, 4) is 0 Å². The van der Waals surface area contributed by atoms with Gasteiger partial charge in [0.05, 0.1) is 12.2 Å². The maximum Gasteiger partial charge on any atom is 0.235 e. The van der Waals surface area contributed by atoms with Gasteiger partial charge in [0.15, 0.2) is 5.58 Å². The number of fused-ring (bicyclic) bond motifs is 2. The summed E-state index contributed by atoms with van der Waals surface area (Å²) >= 11 is 0. The van der Waals surface area contributed by atoms with Crippen LogP contribution in [0.5, 0.6) is 0 Å². The molecule has 6 heteroatoms. The number of piperidine rings is 1. The molecule has 0 radical (unpaired) electrons. The van der Waals surface area contributed by atoms with Gasteiger partial charge in [-0.25, -0.2) is 0 Å². The molecule has 3 heterocycles. The SMILES string of the molecule is O=C1CC[C@H](c2noc3cc4occc4cc23)C(=O)N1. The van der Waals surface area contributed by atoms with Crippen molar-refractivity contribution < 1.29 is 18.5 Å². The lowest BCUT2D eigenvalue weighted by molar-refractivity contribution is -0.134. The van der Waals surface area contributed by atoms with Gasteiger partial charge in [-0.15, -0.1) is 0 Å². The maximum absolute atomic E-state index is 11.9. The van der Waals surface area contributed by atoms with E-state index in [1.807, 2.05) is 12.1 Å². The van der Waals surface area contributed by atoms with Crippen LogP contribution in [-0.2, 0) is 9.59 Å². The molecule has 0 spiro atoms. The molecule has 20 heavy (non-hydrogen) atoms. The molecular weight excluding hydrogens is 260 g/mol. The van der Waals surface area contributed by atoms with E-state index in [0.717, 1.165) is 10.8 Å². The van der Waals surface area contributed by atoms with Crippen molar-refractivity contribution in [1.82, 2.24) is 10.5 Å². The summed E-state index contributed by atoms with van der Waals surface area (Å²) in [5.41, 5.74) is 1.86. The molecule has 1 atom stereocenters. The second kappa shape index (κ2) is 3.93. The van der Waals surface area contributed by atoms with Crippen molar-refractivity contribution in [2.75, 3.05) is 0 Å². The lowest BCUT2D eigenvalue weighted by Gasteiger charge is -2.18. The highest BCUT2D eigenvalue weighted by Gasteiger charge is 2.31. The maximum atomic E-state index is 11.9. The number of rotatable bonds is 1.